The predicted molar refractivity (Wildman–Crippen MR) is 538 cm³/mol. The maximum atomic E-state index is 11.0. The van der Waals surface area contributed by atoms with Gasteiger partial charge in [-0.2, -0.15) is 0 Å². The van der Waals surface area contributed by atoms with E-state index in [1.54, 1.807) is 47.0 Å². The first kappa shape index (κ1) is 147. The lowest BCUT2D eigenvalue weighted by molar-refractivity contribution is -0.127. The van der Waals surface area contributed by atoms with E-state index in [1.807, 2.05) is 61.6 Å². The van der Waals surface area contributed by atoms with E-state index >= 15 is 0 Å². The number of hydrogen-bond acceptors (Lipinski definition) is 31. The molecule has 762 valence electrons. The van der Waals surface area contributed by atoms with Gasteiger partial charge in [0.05, 0.1) is 30.7 Å². The van der Waals surface area contributed by atoms with Crippen molar-refractivity contribution < 1.29 is 48.2 Å². The minimum absolute atomic E-state index is 0.236. The number of nitrogens with zero attached hydrogens (tertiary/aromatic N) is 6. The van der Waals surface area contributed by atoms with Gasteiger partial charge in [0.15, 0.2) is 6.29 Å². The molecule has 1 aliphatic carbocycles. The number of rotatable bonds is 50. The van der Waals surface area contributed by atoms with Crippen LogP contribution in [0.1, 0.15) is 274 Å². The zero-order chi connectivity index (χ0) is 97.4. The van der Waals surface area contributed by atoms with E-state index in [1.165, 1.54) is 129 Å². The molecule has 1 amide bonds. The first-order valence-electron chi connectivity index (χ1n) is 48.1. The molecule has 2 aromatic rings. The number of amides is 1. The number of unbranched alkanes of at least 4 members (excludes halogenated alkanes) is 6. The van der Waals surface area contributed by atoms with Gasteiger partial charge in [-0.25, -0.2) is 4.98 Å². The highest BCUT2D eigenvalue weighted by atomic mass is 16.7. The smallest absolute Gasteiger partial charge is 0.222 e. The van der Waals surface area contributed by atoms with Gasteiger partial charge in [-0.1, -0.05) is 112 Å². The monoisotopic (exact) mass is 1810 g/mol. The van der Waals surface area contributed by atoms with E-state index in [2.05, 4.69) is 75.4 Å². The predicted octanol–water partition coefficient (Wildman–Crippen LogP) is 7.42. The van der Waals surface area contributed by atoms with Crippen molar-refractivity contribution in [2.24, 2.45) is 97.5 Å². The number of hydrogen-bond donors (Lipinski definition) is 19. The maximum Gasteiger partial charge on any atom is 0.222 e. The second-order valence-corrected chi connectivity index (χ2v) is 29.9. The van der Waals surface area contributed by atoms with Crippen LogP contribution in [0.3, 0.4) is 0 Å². The third kappa shape index (κ3) is 164. The fourth-order valence-corrected chi connectivity index (χ4v) is 8.94. The molecule has 33 heteroatoms. The zero-order valence-electron chi connectivity index (χ0n) is 84.3. The Morgan fingerprint density at radius 1 is 0.504 bits per heavy atom. The second-order valence-electron chi connectivity index (χ2n) is 29.9. The number of aryl methyl sites for hydroxylation is 1. The summed E-state index contributed by atoms with van der Waals surface area (Å²) in [4.78, 5) is 25.5. The summed E-state index contributed by atoms with van der Waals surface area (Å²) in [7, 11) is 8.89. The summed E-state index contributed by atoms with van der Waals surface area (Å²) in [5, 5.41) is 16.8. The van der Waals surface area contributed by atoms with E-state index in [-0.39, 0.29) is 18.5 Å². The number of aliphatic hydroxyl groups excluding tert-OH is 2. The molecular formula is C92H219N23O10. The Labute approximate surface area is 770 Å². The first-order valence-corrected chi connectivity index (χ1v) is 48.1. The molecule has 33 nitrogen and oxygen atoms in total. The molecule has 2 aliphatic heterocycles. The van der Waals surface area contributed by atoms with Gasteiger partial charge in [0, 0.05) is 157 Å². The molecule has 0 aromatic carbocycles. The molecule has 2 saturated heterocycles. The van der Waals surface area contributed by atoms with Gasteiger partial charge in [-0.05, 0) is 287 Å². The van der Waals surface area contributed by atoms with Crippen LogP contribution in [0.25, 0.3) is 0 Å². The van der Waals surface area contributed by atoms with Crippen LogP contribution in [-0.4, -0.2) is 308 Å². The normalized spacial score (nSPS) is 13.0. The van der Waals surface area contributed by atoms with E-state index in [0.29, 0.717) is 63.4 Å². The Kier molecular flexibility index (Phi) is 169. The Bertz CT molecular complexity index is 1920. The third-order valence-electron chi connectivity index (χ3n) is 16.8. The molecule has 3 atom stereocenters. The molecule has 0 radical (unpaired) electrons. The number of methoxy groups -OCH3 is 3. The molecule has 4 heterocycles. The summed E-state index contributed by atoms with van der Waals surface area (Å²) in [6.07, 6.45) is 42.6. The van der Waals surface area contributed by atoms with Crippen LogP contribution >= 0.6 is 0 Å². The van der Waals surface area contributed by atoms with Gasteiger partial charge in [0.25, 0.3) is 0 Å². The largest absolute Gasteiger partial charge is 0.392 e. The quantitative estimate of drug-likeness (QED) is 0.0226. The SMILES string of the molecule is CC(C)OCCCN.CC(O)CN.CCC(O)CN.CCCCCN.CCCCN.CCCCN(CCCC)CCCN.CCCCOCCCN.CCCN.CCOCCCN.CN(C)CCCN.COC(CN)OC.COCCCN.NC1CCCCC1.NCC1CCCO1.NCCCN1CCCC1=O.NCCCn1ccnc1.NCCc1ccccn1. The fraction of sp³-hybridized carbons (Fsp3) is 0.902. The Hall–Kier alpha value is -3.29. The molecule has 5 rings (SSSR count). The average molecular weight is 1810 g/mol. The highest BCUT2D eigenvalue weighted by molar-refractivity contribution is 5.78. The van der Waals surface area contributed by atoms with Crippen molar-refractivity contribution in [2.75, 3.05) is 226 Å². The number of aliphatic hydroxyl groups is 2. The lowest BCUT2D eigenvalue weighted by atomic mass is 9.97. The summed E-state index contributed by atoms with van der Waals surface area (Å²) in [5.41, 5.74) is 90.0. The molecule has 2 aromatic heterocycles. The molecule has 36 N–H and O–H groups in total. The Balaban J connectivity index is -0.000000109. The lowest BCUT2D eigenvalue weighted by Crippen LogP contribution is -2.28. The number of aromatic nitrogens is 3. The van der Waals surface area contributed by atoms with E-state index in [4.69, 9.17) is 141 Å². The van der Waals surface area contributed by atoms with Crippen LogP contribution in [0.15, 0.2) is 43.1 Å². The zero-order valence-corrected chi connectivity index (χ0v) is 84.3. The number of nitrogens with two attached hydrogens (primary N) is 17. The van der Waals surface area contributed by atoms with E-state index in [0.717, 1.165) is 233 Å². The summed E-state index contributed by atoms with van der Waals surface area (Å²) >= 11 is 0. The molecule has 3 unspecified atom stereocenters. The van der Waals surface area contributed by atoms with Crippen molar-refractivity contribution in [1.82, 2.24) is 29.2 Å². The van der Waals surface area contributed by atoms with Gasteiger partial charge in [0.2, 0.25) is 5.91 Å². The number of pyridine rings is 1. The summed E-state index contributed by atoms with van der Waals surface area (Å²) in [6, 6.07) is 6.39. The topological polar surface area (TPSA) is 605 Å². The summed E-state index contributed by atoms with van der Waals surface area (Å²) in [5.74, 6) is 0.299. The van der Waals surface area contributed by atoms with Gasteiger partial charge < -0.3 is 160 Å². The highest BCUT2D eigenvalue weighted by Gasteiger charge is 2.18. The molecule has 0 spiro atoms. The fourth-order valence-electron chi connectivity index (χ4n) is 8.94. The highest BCUT2D eigenvalue weighted by Crippen LogP contribution is 2.15. The maximum absolute atomic E-state index is 11.0. The first-order chi connectivity index (χ1) is 60.3. The number of carbonyl (C=O) groups is 1. The van der Waals surface area contributed by atoms with Crippen molar-refractivity contribution in [3.63, 3.8) is 0 Å². The van der Waals surface area contributed by atoms with Gasteiger partial charge in [0.1, 0.15) is 0 Å². The third-order valence-corrected chi connectivity index (χ3v) is 16.8. The number of ether oxygens (including phenoxy) is 7. The van der Waals surface area contributed by atoms with E-state index in [9.17, 15) is 4.79 Å². The molecule has 3 fully saturated rings. The standard InChI is InChI=1S/C11H26N2.C7H14N2O.C7H10N2.C7H17NO.C6H11N3.C6H15NO.C6H13N.C5H14N2.C5H11NO.C5H13NO.C5H13N.C4H11NO2.2C4H11NO.C4H11N.C3H9NO.C3H9N/c1-3-5-9-13(10-6-4-2)11-7-8-12;8-4-2-6-9-5-1-3-7(9)10;8-5-4-7-3-1-2-6-9-7;1-2-3-6-9-7-4-5-8;7-2-1-4-9-5-3-8-6-9;1-6(2)8-5-3-4-7;7-6-4-2-1-3-5-6;1-7(2)5-3-4-6;6-4-5-2-1-3-7-5;1-2-7-5-3-4-6;1-2-3-4-5-6;1-6-4(3-5)7-2;1-6-4-2-3-5;1-2-4(6)3-5;1-2-3-4-5;1-3(5)2-4;1-2-3-4/h3-12H2,1-2H3;1-6,8H2;1-3,6H,4-5,8H2;2-8H2,1H3;3,5-6H,1-2,4,7H2;6H,3-5,7H2,1-2H3;6H,1-5,7H2;3-6H2,1-2H3;5H,1-4,6H2;2-6H2,1H3;2-6H2,1H3;4H,3,5H2,1-2H3;2-5H2,1H3;4,6H,2-3,5H2,1H3;2-5H2,1H3;3,5H,2,4H2,1H3;2-4H2,1H3. The van der Waals surface area contributed by atoms with Crippen LogP contribution in [0.4, 0.5) is 0 Å². The number of likely N-dealkylation sites (tertiary alicyclic amines) is 1. The van der Waals surface area contributed by atoms with Crippen LogP contribution < -0.4 is 97.5 Å². The number of carbonyl (C=O) groups excluding carboxylic acids is 1. The molecule has 1 saturated carbocycles. The molecular weight excluding hydrogens is 1590 g/mol. The van der Waals surface area contributed by atoms with Crippen LogP contribution in [-0.2, 0) is 50.9 Å². The van der Waals surface area contributed by atoms with Gasteiger partial charge in [-0.15, -0.1) is 0 Å². The second kappa shape index (κ2) is 144. The van der Waals surface area contributed by atoms with Crippen molar-refractivity contribution in [2.45, 2.75) is 318 Å². The van der Waals surface area contributed by atoms with Gasteiger partial charge in [-0.3, -0.25) is 9.78 Å². The van der Waals surface area contributed by atoms with Crippen molar-refractivity contribution in [3.05, 3.63) is 48.8 Å². The molecule has 3 aliphatic rings. The van der Waals surface area contributed by atoms with E-state index < -0.39 is 0 Å². The summed E-state index contributed by atoms with van der Waals surface area (Å²) < 4.78 is 36.7. The van der Waals surface area contributed by atoms with Gasteiger partial charge >= 0.3 is 0 Å². The van der Waals surface area contributed by atoms with Crippen LogP contribution in [0, 0.1) is 0 Å². The average Bonchev–Trinajstić information content (AvgIpc) is 1.79. The Morgan fingerprint density at radius 2 is 0.992 bits per heavy atom. The van der Waals surface area contributed by atoms with Crippen molar-refractivity contribution in [3.8, 4) is 0 Å². The van der Waals surface area contributed by atoms with Crippen LogP contribution in [0.2, 0.25) is 0 Å². The van der Waals surface area contributed by atoms with Crippen LogP contribution in [0.5, 0.6) is 0 Å². The minimum atomic E-state index is -0.338. The van der Waals surface area contributed by atoms with Crippen molar-refractivity contribution in [1.29, 1.82) is 0 Å². The number of imidazole rings is 1. The summed E-state index contributed by atoms with van der Waals surface area (Å²) in [6.45, 7) is 47.1. The lowest BCUT2D eigenvalue weighted by Gasteiger charge is -2.21. The minimum Gasteiger partial charge on any atom is -0.392 e. The van der Waals surface area contributed by atoms with Crippen molar-refractivity contribution >= 4 is 5.91 Å². The Morgan fingerprint density at radius 3 is 1.29 bits per heavy atom. The molecule has 0 bridgehead atoms. The molecule has 125 heavy (non-hydrogen) atoms.